The van der Waals surface area contributed by atoms with Crippen molar-refractivity contribution in [1.82, 2.24) is 0 Å². The number of nitrogens with one attached hydrogen (secondary N) is 1. The van der Waals surface area contributed by atoms with Gasteiger partial charge in [-0.15, -0.1) is 0 Å². The van der Waals surface area contributed by atoms with Crippen LogP contribution >= 0.6 is 11.6 Å². The third-order valence-electron chi connectivity index (χ3n) is 3.19. The normalized spacial score (nSPS) is 10.7. The molecular weight excluding hydrogens is 324 g/mol. The predicted molar refractivity (Wildman–Crippen MR) is 86.2 cm³/mol. The fourth-order valence-corrected chi connectivity index (χ4v) is 2.23. The minimum atomic E-state index is -2.94. The first-order chi connectivity index (χ1) is 10.9. The molecule has 0 aliphatic heterocycles. The van der Waals surface area contributed by atoms with E-state index in [1.54, 1.807) is 0 Å². The van der Waals surface area contributed by atoms with E-state index in [0.29, 0.717) is 18.5 Å². The van der Waals surface area contributed by atoms with Crippen molar-refractivity contribution in [2.75, 3.05) is 5.32 Å². The van der Waals surface area contributed by atoms with Gasteiger partial charge in [-0.05, 0) is 37.1 Å². The van der Waals surface area contributed by atoms with Gasteiger partial charge in [0, 0.05) is 12.1 Å². The molecule has 0 fully saturated rings. The zero-order chi connectivity index (χ0) is 16.8. The van der Waals surface area contributed by atoms with Crippen molar-refractivity contribution < 1.29 is 18.3 Å². The van der Waals surface area contributed by atoms with Crippen LogP contribution in [0.4, 0.5) is 14.5 Å². The van der Waals surface area contributed by atoms with Crippen molar-refractivity contribution in [3.63, 3.8) is 0 Å². The van der Waals surface area contributed by atoms with Crippen LogP contribution in [0.25, 0.3) is 0 Å². The Morgan fingerprint density at radius 2 is 1.91 bits per heavy atom. The summed E-state index contributed by atoms with van der Waals surface area (Å²) >= 11 is 5.84. The number of carbonyl (C=O) groups is 1. The van der Waals surface area contributed by atoms with Crippen LogP contribution in [0, 0.1) is 6.92 Å². The molecule has 0 atom stereocenters. The fourth-order valence-electron chi connectivity index (χ4n) is 2.01. The van der Waals surface area contributed by atoms with Crippen molar-refractivity contribution in [3.8, 4) is 5.75 Å². The number of anilines is 1. The lowest BCUT2D eigenvalue weighted by Crippen LogP contribution is -2.12. The fraction of sp³-hybridized carbons (Fsp3) is 0.235. The van der Waals surface area contributed by atoms with Gasteiger partial charge in [-0.1, -0.05) is 41.4 Å². The SMILES string of the molecule is Cc1ccc(CCC(=O)Nc2ccc(OC(F)F)c(Cl)c2)cc1. The standard InChI is InChI=1S/C17H16ClF2NO2/c1-11-2-4-12(5-3-11)6-9-16(22)21-13-7-8-15(14(18)10-13)23-17(19)20/h2-5,7-8,10,17H,6,9H2,1H3,(H,21,22). The topological polar surface area (TPSA) is 38.3 Å². The molecule has 1 amide bonds. The predicted octanol–water partition coefficient (Wildman–Crippen LogP) is 4.82. The van der Waals surface area contributed by atoms with E-state index < -0.39 is 6.61 Å². The second-order valence-corrected chi connectivity index (χ2v) is 5.46. The van der Waals surface area contributed by atoms with E-state index in [1.807, 2.05) is 31.2 Å². The van der Waals surface area contributed by atoms with Gasteiger partial charge in [0.05, 0.1) is 5.02 Å². The second-order valence-electron chi connectivity index (χ2n) is 5.06. The smallest absolute Gasteiger partial charge is 0.387 e. The molecule has 0 heterocycles. The number of benzene rings is 2. The molecule has 0 aromatic heterocycles. The van der Waals surface area contributed by atoms with Gasteiger partial charge in [0.2, 0.25) is 5.91 Å². The van der Waals surface area contributed by atoms with Crippen LogP contribution < -0.4 is 10.1 Å². The number of amides is 1. The number of halogens is 3. The zero-order valence-corrected chi connectivity index (χ0v) is 13.2. The van der Waals surface area contributed by atoms with Gasteiger partial charge in [0.1, 0.15) is 5.75 Å². The molecule has 0 spiro atoms. The van der Waals surface area contributed by atoms with Crippen LogP contribution in [0.15, 0.2) is 42.5 Å². The first-order valence-electron chi connectivity index (χ1n) is 7.04. The molecular formula is C17H16ClF2NO2. The summed E-state index contributed by atoms with van der Waals surface area (Å²) in [5.41, 5.74) is 2.67. The van der Waals surface area contributed by atoms with Gasteiger partial charge >= 0.3 is 6.61 Å². The number of ether oxygens (including phenoxy) is 1. The van der Waals surface area contributed by atoms with Gasteiger partial charge in [-0.3, -0.25) is 4.79 Å². The second kappa shape index (κ2) is 7.92. The van der Waals surface area contributed by atoms with E-state index in [9.17, 15) is 13.6 Å². The highest BCUT2D eigenvalue weighted by atomic mass is 35.5. The number of hydrogen-bond acceptors (Lipinski definition) is 2. The highest BCUT2D eigenvalue weighted by Gasteiger charge is 2.10. The monoisotopic (exact) mass is 339 g/mol. The van der Waals surface area contributed by atoms with E-state index in [1.165, 1.54) is 23.8 Å². The lowest BCUT2D eigenvalue weighted by atomic mass is 10.1. The first-order valence-corrected chi connectivity index (χ1v) is 7.41. The maximum Gasteiger partial charge on any atom is 0.387 e. The molecule has 0 saturated carbocycles. The molecule has 0 unspecified atom stereocenters. The van der Waals surface area contributed by atoms with Crippen molar-refractivity contribution in [3.05, 3.63) is 58.6 Å². The maximum atomic E-state index is 12.1. The summed E-state index contributed by atoms with van der Waals surface area (Å²) in [7, 11) is 0. The third kappa shape index (κ3) is 5.53. The summed E-state index contributed by atoms with van der Waals surface area (Å²) in [5, 5.41) is 2.69. The van der Waals surface area contributed by atoms with Crippen molar-refractivity contribution in [1.29, 1.82) is 0 Å². The Kier molecular flexibility index (Phi) is 5.93. The van der Waals surface area contributed by atoms with Crippen LogP contribution in [-0.4, -0.2) is 12.5 Å². The van der Waals surface area contributed by atoms with Gasteiger partial charge in [0.15, 0.2) is 0 Å². The molecule has 0 bridgehead atoms. The quantitative estimate of drug-likeness (QED) is 0.819. The number of hydrogen-bond donors (Lipinski definition) is 1. The Morgan fingerprint density at radius 1 is 1.22 bits per heavy atom. The highest BCUT2D eigenvalue weighted by Crippen LogP contribution is 2.29. The number of rotatable bonds is 6. The van der Waals surface area contributed by atoms with E-state index in [0.717, 1.165) is 5.56 Å². The largest absolute Gasteiger partial charge is 0.433 e. The number of aryl methyl sites for hydroxylation is 2. The molecule has 23 heavy (non-hydrogen) atoms. The van der Waals surface area contributed by atoms with Gasteiger partial charge in [-0.25, -0.2) is 0 Å². The maximum absolute atomic E-state index is 12.1. The van der Waals surface area contributed by atoms with Crippen LogP contribution in [-0.2, 0) is 11.2 Å². The molecule has 0 aliphatic carbocycles. The Labute approximate surface area is 138 Å². The molecule has 6 heteroatoms. The van der Waals surface area contributed by atoms with Crippen LogP contribution in [0.3, 0.4) is 0 Å². The lowest BCUT2D eigenvalue weighted by molar-refractivity contribution is -0.116. The summed E-state index contributed by atoms with van der Waals surface area (Å²) in [5.74, 6) is -0.302. The Bertz CT molecular complexity index is 675. The van der Waals surface area contributed by atoms with Gasteiger partial charge < -0.3 is 10.1 Å². The molecule has 2 aromatic carbocycles. The summed E-state index contributed by atoms with van der Waals surface area (Å²) < 4.78 is 28.5. The third-order valence-corrected chi connectivity index (χ3v) is 3.49. The molecule has 122 valence electrons. The van der Waals surface area contributed by atoms with E-state index in [2.05, 4.69) is 10.1 Å². The van der Waals surface area contributed by atoms with E-state index >= 15 is 0 Å². The minimum absolute atomic E-state index is 0.0154. The van der Waals surface area contributed by atoms with Crippen molar-refractivity contribution in [2.24, 2.45) is 0 Å². The summed E-state index contributed by atoms with van der Waals surface area (Å²) in [6.45, 7) is -0.941. The average molecular weight is 340 g/mol. The lowest BCUT2D eigenvalue weighted by Gasteiger charge is -2.09. The minimum Gasteiger partial charge on any atom is -0.433 e. The molecule has 1 N–H and O–H groups in total. The Hall–Kier alpha value is -2.14. The number of carbonyl (C=O) groups excluding carboxylic acids is 1. The summed E-state index contributed by atoms with van der Waals surface area (Å²) in [6.07, 6.45) is 0.933. The summed E-state index contributed by atoms with van der Waals surface area (Å²) in [6, 6.07) is 12.1. The van der Waals surface area contributed by atoms with Gasteiger partial charge in [0.25, 0.3) is 0 Å². The summed E-state index contributed by atoms with van der Waals surface area (Å²) in [4.78, 5) is 11.9. The average Bonchev–Trinajstić information content (AvgIpc) is 2.49. The zero-order valence-electron chi connectivity index (χ0n) is 12.5. The van der Waals surface area contributed by atoms with Crippen LogP contribution in [0.1, 0.15) is 17.5 Å². The molecule has 3 nitrogen and oxygen atoms in total. The van der Waals surface area contributed by atoms with E-state index in [4.69, 9.17) is 11.6 Å². The first kappa shape index (κ1) is 17.2. The van der Waals surface area contributed by atoms with Gasteiger partial charge in [-0.2, -0.15) is 8.78 Å². The van der Waals surface area contributed by atoms with Crippen LogP contribution in [0.5, 0.6) is 5.75 Å². The molecule has 2 rings (SSSR count). The Morgan fingerprint density at radius 3 is 2.52 bits per heavy atom. The molecule has 0 radical (unpaired) electrons. The highest BCUT2D eigenvalue weighted by molar-refractivity contribution is 6.32. The van der Waals surface area contributed by atoms with Crippen molar-refractivity contribution >= 4 is 23.2 Å². The molecule has 0 aliphatic rings. The van der Waals surface area contributed by atoms with Crippen molar-refractivity contribution in [2.45, 2.75) is 26.4 Å². The molecule has 0 saturated heterocycles. The van der Waals surface area contributed by atoms with E-state index in [-0.39, 0.29) is 16.7 Å². The van der Waals surface area contributed by atoms with Crippen LogP contribution in [0.2, 0.25) is 5.02 Å². The number of alkyl halides is 2. The molecule has 2 aromatic rings. The Balaban J connectivity index is 1.89.